The number of nitrogens with two attached hydrogens (primary N) is 1. The van der Waals surface area contributed by atoms with Crippen LogP contribution in [-0.2, 0) is 11.2 Å². The molecule has 0 unspecified atom stereocenters. The van der Waals surface area contributed by atoms with Gasteiger partial charge < -0.3 is 11.1 Å². The highest BCUT2D eigenvalue weighted by molar-refractivity contribution is 6.32. The molecule has 1 amide bonds. The van der Waals surface area contributed by atoms with Crippen LogP contribution in [0, 0.1) is 0 Å². The van der Waals surface area contributed by atoms with Crippen LogP contribution in [0.4, 0.5) is 23.0 Å². The zero-order chi connectivity index (χ0) is 18.4. The van der Waals surface area contributed by atoms with Gasteiger partial charge in [0.15, 0.2) is 16.8 Å². The van der Waals surface area contributed by atoms with Gasteiger partial charge >= 0.3 is 0 Å². The number of halogens is 1. The summed E-state index contributed by atoms with van der Waals surface area (Å²) in [4.78, 5) is 24.1. The highest BCUT2D eigenvalue weighted by atomic mass is 35.5. The van der Waals surface area contributed by atoms with Gasteiger partial charge in [-0.25, -0.2) is 15.0 Å². The average Bonchev–Trinajstić information content (AvgIpc) is 2.65. The smallest absolute Gasteiger partial charge is 0.242 e. The van der Waals surface area contributed by atoms with Gasteiger partial charge in [0.1, 0.15) is 12.0 Å². The van der Waals surface area contributed by atoms with Crippen LogP contribution in [0.3, 0.4) is 0 Å². The summed E-state index contributed by atoms with van der Waals surface area (Å²) < 4.78 is 0. The second-order valence-corrected chi connectivity index (χ2v) is 5.64. The summed E-state index contributed by atoms with van der Waals surface area (Å²) in [6, 6.07) is 12.9. The van der Waals surface area contributed by atoms with Crippen molar-refractivity contribution in [3.63, 3.8) is 0 Å². The first-order valence-corrected chi connectivity index (χ1v) is 8.08. The predicted octanol–water partition coefficient (Wildman–Crippen LogP) is 2.54. The molecule has 0 aliphatic carbocycles. The molecule has 0 aliphatic rings. The van der Waals surface area contributed by atoms with E-state index in [1.807, 2.05) is 30.3 Å². The van der Waals surface area contributed by atoms with Gasteiger partial charge in [-0.2, -0.15) is 0 Å². The fraction of sp³-hybridized carbons (Fsp3) is 0.0588. The monoisotopic (exact) mass is 369 g/mol. The third kappa shape index (κ3) is 4.37. The van der Waals surface area contributed by atoms with E-state index in [4.69, 9.17) is 17.3 Å². The Bertz CT molecular complexity index is 905. The predicted molar refractivity (Wildman–Crippen MR) is 101 cm³/mol. The Kier molecular flexibility index (Phi) is 5.45. The summed E-state index contributed by atoms with van der Waals surface area (Å²) in [7, 11) is 0. The molecule has 0 bridgehead atoms. The number of carbonyl (C=O) groups excluding carboxylic acids is 1. The van der Waals surface area contributed by atoms with Gasteiger partial charge in [0.25, 0.3) is 0 Å². The van der Waals surface area contributed by atoms with E-state index in [2.05, 4.69) is 31.1 Å². The van der Waals surface area contributed by atoms with Crippen molar-refractivity contribution in [2.45, 2.75) is 6.42 Å². The van der Waals surface area contributed by atoms with Crippen molar-refractivity contribution in [3.05, 3.63) is 65.7 Å². The molecule has 0 saturated carbocycles. The minimum Gasteiger partial charge on any atom is -0.393 e. The maximum absolute atomic E-state index is 12.0. The molecule has 0 radical (unpaired) electrons. The molecule has 3 aromatic rings. The van der Waals surface area contributed by atoms with Gasteiger partial charge in [-0.3, -0.25) is 15.6 Å². The van der Waals surface area contributed by atoms with E-state index in [0.717, 1.165) is 5.56 Å². The van der Waals surface area contributed by atoms with E-state index in [0.29, 0.717) is 11.5 Å². The number of aromatic nitrogens is 3. The largest absolute Gasteiger partial charge is 0.393 e. The fourth-order valence-electron chi connectivity index (χ4n) is 2.16. The molecular formula is C17H16ClN7O. The van der Waals surface area contributed by atoms with Crippen molar-refractivity contribution in [3.8, 4) is 0 Å². The Morgan fingerprint density at radius 3 is 2.58 bits per heavy atom. The molecule has 0 fully saturated rings. The highest BCUT2D eigenvalue weighted by Gasteiger charge is 2.11. The van der Waals surface area contributed by atoms with Crippen molar-refractivity contribution in [2.24, 2.45) is 0 Å². The van der Waals surface area contributed by atoms with E-state index in [1.165, 1.54) is 6.33 Å². The average molecular weight is 370 g/mol. The molecule has 0 atom stereocenters. The van der Waals surface area contributed by atoms with Crippen molar-refractivity contribution < 1.29 is 4.79 Å². The second kappa shape index (κ2) is 8.13. The molecule has 1 aromatic carbocycles. The summed E-state index contributed by atoms with van der Waals surface area (Å²) in [6.45, 7) is 0. The van der Waals surface area contributed by atoms with Crippen LogP contribution in [0.1, 0.15) is 5.56 Å². The molecule has 0 spiro atoms. The Balaban J connectivity index is 1.65. The van der Waals surface area contributed by atoms with E-state index < -0.39 is 0 Å². The second-order valence-electron chi connectivity index (χ2n) is 5.29. The Morgan fingerprint density at radius 1 is 1.04 bits per heavy atom. The normalized spacial score (nSPS) is 10.2. The van der Waals surface area contributed by atoms with Crippen LogP contribution in [-0.4, -0.2) is 20.9 Å². The zero-order valence-electron chi connectivity index (χ0n) is 13.6. The number of anilines is 4. The number of nitrogens with one attached hydrogen (secondary N) is 3. The molecule has 0 aliphatic heterocycles. The number of benzene rings is 1. The van der Waals surface area contributed by atoms with Gasteiger partial charge in [-0.1, -0.05) is 41.9 Å². The van der Waals surface area contributed by atoms with E-state index in [9.17, 15) is 4.79 Å². The number of hydrazine groups is 1. The molecule has 5 N–H and O–H groups in total. The Hall–Kier alpha value is -3.39. The number of rotatable bonds is 6. The molecule has 3 rings (SSSR count). The topological polar surface area (TPSA) is 118 Å². The van der Waals surface area contributed by atoms with Crippen molar-refractivity contribution >= 4 is 40.5 Å². The van der Waals surface area contributed by atoms with Crippen LogP contribution < -0.4 is 21.9 Å². The number of pyridine rings is 1. The Morgan fingerprint density at radius 2 is 1.81 bits per heavy atom. The van der Waals surface area contributed by atoms with Gasteiger partial charge in [0.05, 0.1) is 12.1 Å². The maximum Gasteiger partial charge on any atom is 0.242 e. The number of amides is 1. The molecular weight excluding hydrogens is 354 g/mol. The number of nitrogen functional groups attached to an aromatic ring is 1. The fourth-order valence-corrected chi connectivity index (χ4v) is 2.32. The van der Waals surface area contributed by atoms with Crippen LogP contribution in [0.25, 0.3) is 0 Å². The van der Waals surface area contributed by atoms with Gasteiger partial charge in [0, 0.05) is 6.20 Å². The highest BCUT2D eigenvalue weighted by Crippen LogP contribution is 2.27. The standard InChI is InChI=1S/C17H16ClN7O/c18-15-12(7-4-8-20-15)23-16-14(19)17(22-10-21-16)25-24-13(26)9-11-5-2-1-3-6-11/h1-8,10H,9,19H2,(H,24,26)(H2,21,22,23,25). The lowest BCUT2D eigenvalue weighted by molar-refractivity contribution is -0.119. The van der Waals surface area contributed by atoms with Gasteiger partial charge in [-0.05, 0) is 17.7 Å². The van der Waals surface area contributed by atoms with Crippen LogP contribution in [0.2, 0.25) is 5.15 Å². The minimum absolute atomic E-state index is 0.223. The molecule has 2 aromatic heterocycles. The Labute approximate surface area is 154 Å². The third-order valence-corrected chi connectivity index (χ3v) is 3.73. The van der Waals surface area contributed by atoms with E-state index in [-0.39, 0.29) is 29.0 Å². The number of hydrogen-bond acceptors (Lipinski definition) is 7. The van der Waals surface area contributed by atoms with Crippen LogP contribution in [0.15, 0.2) is 55.0 Å². The molecule has 2 heterocycles. The summed E-state index contributed by atoms with van der Waals surface area (Å²) in [5.41, 5.74) is 13.0. The van der Waals surface area contributed by atoms with Crippen molar-refractivity contribution in [1.29, 1.82) is 0 Å². The van der Waals surface area contributed by atoms with Gasteiger partial charge in [0.2, 0.25) is 5.91 Å². The van der Waals surface area contributed by atoms with E-state index >= 15 is 0 Å². The SMILES string of the molecule is Nc1c(NNC(=O)Cc2ccccc2)ncnc1Nc1cccnc1Cl. The van der Waals surface area contributed by atoms with Crippen LogP contribution >= 0.6 is 11.6 Å². The lowest BCUT2D eigenvalue weighted by Gasteiger charge is -2.13. The van der Waals surface area contributed by atoms with E-state index in [1.54, 1.807) is 18.3 Å². The molecule has 8 nitrogen and oxygen atoms in total. The van der Waals surface area contributed by atoms with Crippen molar-refractivity contribution in [1.82, 2.24) is 20.4 Å². The summed E-state index contributed by atoms with van der Waals surface area (Å²) >= 11 is 6.02. The maximum atomic E-state index is 12.0. The number of nitrogens with zero attached hydrogens (tertiary/aromatic N) is 3. The summed E-state index contributed by atoms with van der Waals surface area (Å²) in [6.07, 6.45) is 3.12. The summed E-state index contributed by atoms with van der Waals surface area (Å²) in [5, 5.41) is 3.27. The van der Waals surface area contributed by atoms with Crippen molar-refractivity contribution in [2.75, 3.05) is 16.5 Å². The molecule has 132 valence electrons. The first-order chi connectivity index (χ1) is 12.6. The first kappa shape index (κ1) is 17.4. The summed E-state index contributed by atoms with van der Waals surface area (Å²) in [5.74, 6) is 0.387. The molecule has 0 saturated heterocycles. The lowest BCUT2D eigenvalue weighted by Crippen LogP contribution is -2.31. The quantitative estimate of drug-likeness (QED) is 0.389. The first-order valence-electron chi connectivity index (χ1n) is 7.70. The van der Waals surface area contributed by atoms with Crippen LogP contribution in [0.5, 0.6) is 0 Å². The lowest BCUT2D eigenvalue weighted by atomic mass is 10.1. The third-order valence-electron chi connectivity index (χ3n) is 3.42. The minimum atomic E-state index is -0.223. The molecule has 9 heteroatoms. The molecule has 26 heavy (non-hydrogen) atoms. The zero-order valence-corrected chi connectivity index (χ0v) is 14.4. The van der Waals surface area contributed by atoms with Gasteiger partial charge in [-0.15, -0.1) is 0 Å². The number of carbonyl (C=O) groups is 1. The number of hydrogen-bond donors (Lipinski definition) is 4.